The Morgan fingerprint density at radius 1 is 1.33 bits per heavy atom. The van der Waals surface area contributed by atoms with Crippen molar-refractivity contribution in [2.45, 2.75) is 38.0 Å². The molecule has 2 heterocycles. The van der Waals surface area contributed by atoms with Gasteiger partial charge in [0.2, 0.25) is 15.9 Å². The normalized spacial score (nSPS) is 18.6. The average Bonchev–Trinajstić information content (AvgIpc) is 3.00. The van der Waals surface area contributed by atoms with Crippen LogP contribution in [0.15, 0.2) is 9.42 Å². The molecule has 2 rings (SSSR count). The molecule has 154 valence electrons. The van der Waals surface area contributed by atoms with Gasteiger partial charge in [0.25, 0.3) is 0 Å². The highest BCUT2D eigenvalue weighted by atomic mass is 32.2. The van der Waals surface area contributed by atoms with Crippen molar-refractivity contribution >= 4 is 15.9 Å². The highest BCUT2D eigenvalue weighted by Crippen LogP contribution is 2.27. The number of hydrogen-bond acceptors (Lipinski definition) is 7. The van der Waals surface area contributed by atoms with Crippen molar-refractivity contribution in [1.29, 1.82) is 0 Å². The Kier molecular flexibility index (Phi) is 8.21. The molecule has 10 heteroatoms. The molecular formula is C17H29N3O6S. The summed E-state index contributed by atoms with van der Waals surface area (Å²) in [5, 5.41) is 6.60. The zero-order valence-corrected chi connectivity index (χ0v) is 17.0. The molecule has 1 aromatic rings. The molecule has 1 aliphatic rings. The fraction of sp³-hybridized carbons (Fsp3) is 0.765. The zero-order valence-electron chi connectivity index (χ0n) is 16.2. The number of aromatic nitrogens is 1. The van der Waals surface area contributed by atoms with E-state index < -0.39 is 10.0 Å². The number of carbonyl (C=O) groups is 1. The van der Waals surface area contributed by atoms with Crippen molar-refractivity contribution in [3.63, 3.8) is 0 Å². The van der Waals surface area contributed by atoms with E-state index in [0.29, 0.717) is 57.9 Å². The minimum atomic E-state index is -3.72. The van der Waals surface area contributed by atoms with Gasteiger partial charge in [-0.15, -0.1) is 0 Å². The Balaban J connectivity index is 1.85. The molecule has 0 aromatic carbocycles. The van der Waals surface area contributed by atoms with Gasteiger partial charge < -0.3 is 19.3 Å². The summed E-state index contributed by atoms with van der Waals surface area (Å²) >= 11 is 0. The largest absolute Gasteiger partial charge is 0.382 e. The predicted molar refractivity (Wildman–Crippen MR) is 97.8 cm³/mol. The topological polar surface area (TPSA) is 111 Å². The molecule has 1 aliphatic heterocycles. The molecule has 1 saturated heterocycles. The number of carbonyl (C=O) groups excluding carboxylic acids is 1. The Morgan fingerprint density at radius 3 is 2.78 bits per heavy atom. The number of nitrogens with one attached hydrogen (secondary N) is 1. The Hall–Kier alpha value is -1.49. The molecule has 1 amide bonds. The lowest BCUT2D eigenvalue weighted by Crippen LogP contribution is -2.45. The van der Waals surface area contributed by atoms with Crippen LogP contribution in [0, 0.1) is 19.8 Å². The SMILES string of the molecule is COCCOCCCNC(=O)C1CCCN(S(=O)(=O)c2c(C)noc2C)C1. The van der Waals surface area contributed by atoms with Crippen LogP contribution in [0.4, 0.5) is 0 Å². The summed E-state index contributed by atoms with van der Waals surface area (Å²) in [6.07, 6.45) is 2.01. The van der Waals surface area contributed by atoms with Crippen LogP contribution in [0.25, 0.3) is 0 Å². The van der Waals surface area contributed by atoms with Crippen molar-refractivity contribution in [1.82, 2.24) is 14.8 Å². The number of rotatable bonds is 10. The van der Waals surface area contributed by atoms with Gasteiger partial charge in [-0.05, 0) is 33.1 Å². The summed E-state index contributed by atoms with van der Waals surface area (Å²) in [6.45, 7) is 5.86. The molecule has 1 aromatic heterocycles. The van der Waals surface area contributed by atoms with Crippen LogP contribution < -0.4 is 5.32 Å². The molecule has 1 N–H and O–H groups in total. The van der Waals surface area contributed by atoms with E-state index in [2.05, 4.69) is 10.5 Å². The second kappa shape index (κ2) is 10.2. The Labute approximate surface area is 160 Å². The first-order valence-electron chi connectivity index (χ1n) is 9.15. The van der Waals surface area contributed by atoms with E-state index in [1.165, 1.54) is 4.31 Å². The first-order chi connectivity index (χ1) is 12.9. The van der Waals surface area contributed by atoms with Crippen molar-refractivity contribution < 1.29 is 27.2 Å². The molecule has 0 bridgehead atoms. The third kappa shape index (κ3) is 5.74. The molecule has 0 radical (unpaired) electrons. The van der Waals surface area contributed by atoms with Gasteiger partial charge in [0, 0.05) is 33.4 Å². The number of hydrogen-bond donors (Lipinski definition) is 1. The summed E-state index contributed by atoms with van der Waals surface area (Å²) in [7, 11) is -2.11. The monoisotopic (exact) mass is 403 g/mol. The number of methoxy groups -OCH3 is 1. The lowest BCUT2D eigenvalue weighted by Gasteiger charge is -2.31. The van der Waals surface area contributed by atoms with Crippen molar-refractivity contribution in [2.75, 3.05) is 46.6 Å². The van der Waals surface area contributed by atoms with Crippen molar-refractivity contribution in [3.05, 3.63) is 11.5 Å². The maximum atomic E-state index is 12.9. The van der Waals surface area contributed by atoms with Crippen LogP contribution >= 0.6 is 0 Å². The first-order valence-corrected chi connectivity index (χ1v) is 10.6. The van der Waals surface area contributed by atoms with Gasteiger partial charge in [0.1, 0.15) is 10.6 Å². The van der Waals surface area contributed by atoms with E-state index >= 15 is 0 Å². The fourth-order valence-corrected chi connectivity index (χ4v) is 4.94. The van der Waals surface area contributed by atoms with Gasteiger partial charge >= 0.3 is 0 Å². The van der Waals surface area contributed by atoms with Gasteiger partial charge in [-0.1, -0.05) is 5.16 Å². The maximum absolute atomic E-state index is 12.9. The highest BCUT2D eigenvalue weighted by Gasteiger charge is 2.36. The van der Waals surface area contributed by atoms with Crippen LogP contribution in [-0.2, 0) is 24.3 Å². The van der Waals surface area contributed by atoms with Gasteiger partial charge in [-0.3, -0.25) is 4.79 Å². The summed E-state index contributed by atoms with van der Waals surface area (Å²) in [5.41, 5.74) is 0.340. The number of aryl methyl sites for hydroxylation is 2. The molecule has 1 atom stereocenters. The van der Waals surface area contributed by atoms with Crippen LogP contribution in [0.1, 0.15) is 30.7 Å². The van der Waals surface area contributed by atoms with Crippen LogP contribution in [0.2, 0.25) is 0 Å². The van der Waals surface area contributed by atoms with Crippen molar-refractivity contribution in [3.8, 4) is 0 Å². The average molecular weight is 404 g/mol. The molecule has 27 heavy (non-hydrogen) atoms. The van der Waals surface area contributed by atoms with Crippen LogP contribution in [0.3, 0.4) is 0 Å². The summed E-state index contributed by atoms with van der Waals surface area (Å²) < 4.78 is 42.4. The van der Waals surface area contributed by atoms with Gasteiger partial charge in [-0.25, -0.2) is 8.42 Å². The number of amides is 1. The van der Waals surface area contributed by atoms with E-state index in [-0.39, 0.29) is 29.0 Å². The van der Waals surface area contributed by atoms with Crippen molar-refractivity contribution in [2.24, 2.45) is 5.92 Å². The maximum Gasteiger partial charge on any atom is 0.248 e. The third-order valence-electron chi connectivity index (χ3n) is 4.52. The van der Waals surface area contributed by atoms with E-state index in [1.54, 1.807) is 21.0 Å². The number of nitrogens with zero attached hydrogens (tertiary/aromatic N) is 2. The van der Waals surface area contributed by atoms with E-state index in [1.807, 2.05) is 0 Å². The number of piperidine rings is 1. The molecule has 1 unspecified atom stereocenters. The lowest BCUT2D eigenvalue weighted by molar-refractivity contribution is -0.126. The van der Waals surface area contributed by atoms with Crippen LogP contribution in [-0.4, -0.2) is 70.4 Å². The highest BCUT2D eigenvalue weighted by molar-refractivity contribution is 7.89. The molecule has 0 aliphatic carbocycles. The Bertz CT molecular complexity index is 699. The molecule has 9 nitrogen and oxygen atoms in total. The molecule has 0 saturated carbocycles. The molecule has 0 spiro atoms. The lowest BCUT2D eigenvalue weighted by atomic mass is 9.99. The van der Waals surface area contributed by atoms with E-state index in [0.717, 1.165) is 0 Å². The second-order valence-electron chi connectivity index (χ2n) is 6.61. The van der Waals surface area contributed by atoms with E-state index in [9.17, 15) is 13.2 Å². The zero-order chi connectivity index (χ0) is 19.9. The summed E-state index contributed by atoms with van der Waals surface area (Å²) in [5.74, 6) is -0.207. The molecular weight excluding hydrogens is 374 g/mol. The quantitative estimate of drug-likeness (QED) is 0.577. The van der Waals surface area contributed by atoms with Gasteiger partial charge in [0.05, 0.1) is 19.1 Å². The predicted octanol–water partition coefficient (Wildman–Crippen LogP) is 0.861. The Morgan fingerprint density at radius 2 is 2.11 bits per heavy atom. The standard InChI is InChI=1S/C17H29N3O6S/c1-13-16(14(2)26-19-13)27(22,23)20-8-4-6-15(12-20)17(21)18-7-5-9-25-11-10-24-3/h15H,4-12H2,1-3H3,(H,18,21). The third-order valence-corrected chi connectivity index (χ3v) is 6.63. The van der Waals surface area contributed by atoms with Crippen LogP contribution in [0.5, 0.6) is 0 Å². The fourth-order valence-electron chi connectivity index (χ4n) is 3.12. The number of ether oxygens (including phenoxy) is 2. The first kappa shape index (κ1) is 21.8. The number of sulfonamides is 1. The minimum absolute atomic E-state index is 0.108. The van der Waals surface area contributed by atoms with Gasteiger partial charge in [0.15, 0.2) is 5.76 Å². The second-order valence-corrected chi connectivity index (χ2v) is 8.48. The minimum Gasteiger partial charge on any atom is -0.382 e. The van der Waals surface area contributed by atoms with E-state index in [4.69, 9.17) is 14.0 Å². The summed E-state index contributed by atoms with van der Waals surface area (Å²) in [6, 6.07) is 0. The molecule has 1 fully saturated rings. The smallest absolute Gasteiger partial charge is 0.248 e. The van der Waals surface area contributed by atoms with Gasteiger partial charge in [-0.2, -0.15) is 4.31 Å². The summed E-state index contributed by atoms with van der Waals surface area (Å²) in [4.78, 5) is 12.5.